The predicted molar refractivity (Wildman–Crippen MR) is 116 cm³/mol. The molecule has 2 aliphatic heterocycles. The Kier molecular flexibility index (Phi) is 9.38. The number of rotatable bonds is 4. The van der Waals surface area contributed by atoms with Crippen molar-refractivity contribution >= 4 is 17.5 Å². The molecular formula is C23H31F6N3O2. The average Bonchev–Trinajstić information content (AvgIpc) is 3.22. The Morgan fingerprint density at radius 2 is 1.53 bits per heavy atom. The number of carbonyl (C=O) groups excluding carboxylic acids is 2. The standard InChI is InChI=1S/C21H25F6N3O2.C2H6/c1-29-6-3-2-4-17(29)19(32)30-7-5-13(12-30)8-18(31)28-16-10-14(20(22,23)24)9-15(11-16)21(25,26)27;1-2/h9-11,13,17H,2-8,12H2,1H3,(H,28,31);1-2H3. The lowest BCUT2D eigenvalue weighted by Gasteiger charge is -2.34. The topological polar surface area (TPSA) is 52.7 Å². The van der Waals surface area contributed by atoms with Gasteiger partial charge in [-0.15, -0.1) is 0 Å². The number of nitrogens with zero attached hydrogens (tertiary/aromatic N) is 2. The van der Waals surface area contributed by atoms with Crippen LogP contribution in [-0.4, -0.2) is 54.3 Å². The van der Waals surface area contributed by atoms with E-state index in [0.29, 0.717) is 31.6 Å². The third kappa shape index (κ3) is 7.35. The second-order valence-corrected chi connectivity index (χ2v) is 8.48. The highest BCUT2D eigenvalue weighted by atomic mass is 19.4. The molecule has 34 heavy (non-hydrogen) atoms. The molecule has 1 aromatic carbocycles. The van der Waals surface area contributed by atoms with Gasteiger partial charge in [0.25, 0.3) is 0 Å². The van der Waals surface area contributed by atoms with Crippen LogP contribution < -0.4 is 5.32 Å². The molecule has 2 heterocycles. The van der Waals surface area contributed by atoms with Gasteiger partial charge in [-0.3, -0.25) is 14.5 Å². The molecule has 2 aliphatic rings. The van der Waals surface area contributed by atoms with Gasteiger partial charge in [-0.05, 0) is 57.0 Å². The molecule has 0 aromatic heterocycles. The van der Waals surface area contributed by atoms with Crippen molar-refractivity contribution in [3.05, 3.63) is 29.3 Å². The van der Waals surface area contributed by atoms with Gasteiger partial charge in [-0.25, -0.2) is 0 Å². The number of halogens is 6. The molecule has 1 N–H and O–H groups in total. The van der Waals surface area contributed by atoms with Crippen LogP contribution in [-0.2, 0) is 21.9 Å². The van der Waals surface area contributed by atoms with E-state index in [1.807, 2.05) is 25.8 Å². The summed E-state index contributed by atoms with van der Waals surface area (Å²) >= 11 is 0. The number of likely N-dealkylation sites (tertiary alicyclic amines) is 2. The third-order valence-corrected chi connectivity index (χ3v) is 6.00. The van der Waals surface area contributed by atoms with Crippen LogP contribution in [0.5, 0.6) is 0 Å². The summed E-state index contributed by atoms with van der Waals surface area (Å²) in [7, 11) is 1.90. The van der Waals surface area contributed by atoms with Crippen LogP contribution in [0.15, 0.2) is 18.2 Å². The largest absolute Gasteiger partial charge is 0.416 e. The van der Waals surface area contributed by atoms with Gasteiger partial charge in [0.05, 0.1) is 17.2 Å². The zero-order chi connectivity index (χ0) is 25.7. The molecule has 192 valence electrons. The van der Waals surface area contributed by atoms with Crippen LogP contribution in [0.2, 0.25) is 0 Å². The van der Waals surface area contributed by atoms with E-state index in [4.69, 9.17) is 0 Å². The molecule has 2 saturated heterocycles. The van der Waals surface area contributed by atoms with Crippen LogP contribution in [0.25, 0.3) is 0 Å². The molecular weight excluding hydrogens is 464 g/mol. The van der Waals surface area contributed by atoms with Gasteiger partial charge < -0.3 is 10.2 Å². The number of piperidine rings is 1. The first-order chi connectivity index (χ1) is 15.8. The molecule has 0 radical (unpaired) electrons. The van der Waals surface area contributed by atoms with E-state index in [0.717, 1.165) is 25.8 Å². The van der Waals surface area contributed by atoms with E-state index in [-0.39, 0.29) is 30.4 Å². The van der Waals surface area contributed by atoms with Gasteiger partial charge in [-0.2, -0.15) is 26.3 Å². The number of benzene rings is 1. The van der Waals surface area contributed by atoms with Crippen LogP contribution in [0.4, 0.5) is 32.0 Å². The summed E-state index contributed by atoms with van der Waals surface area (Å²) in [5.74, 6) is -0.893. The molecule has 1 aromatic rings. The fourth-order valence-electron chi connectivity index (χ4n) is 4.30. The van der Waals surface area contributed by atoms with E-state index in [9.17, 15) is 35.9 Å². The Morgan fingerprint density at radius 1 is 0.941 bits per heavy atom. The highest BCUT2D eigenvalue weighted by Crippen LogP contribution is 2.37. The minimum absolute atomic E-state index is 0.00260. The summed E-state index contributed by atoms with van der Waals surface area (Å²) in [5.41, 5.74) is -3.54. The average molecular weight is 496 g/mol. The molecule has 2 fully saturated rings. The van der Waals surface area contributed by atoms with Crippen molar-refractivity contribution < 1.29 is 35.9 Å². The number of amides is 2. The summed E-state index contributed by atoms with van der Waals surface area (Å²) in [5, 5.41) is 2.16. The predicted octanol–water partition coefficient (Wildman–Crippen LogP) is 5.41. The minimum atomic E-state index is -4.99. The summed E-state index contributed by atoms with van der Waals surface area (Å²) < 4.78 is 77.9. The van der Waals surface area contributed by atoms with Crippen molar-refractivity contribution in [2.24, 2.45) is 5.92 Å². The highest BCUT2D eigenvalue weighted by molar-refractivity contribution is 5.91. The number of hydrogen-bond donors (Lipinski definition) is 1. The maximum atomic E-state index is 13.0. The first-order valence-corrected chi connectivity index (χ1v) is 11.4. The van der Waals surface area contributed by atoms with Crippen LogP contribution >= 0.6 is 0 Å². The maximum Gasteiger partial charge on any atom is 0.416 e. The normalized spacial score (nSPS) is 21.6. The molecule has 0 aliphatic carbocycles. The smallest absolute Gasteiger partial charge is 0.341 e. The Bertz CT molecular complexity index is 824. The van der Waals surface area contributed by atoms with Crippen molar-refractivity contribution in [3.63, 3.8) is 0 Å². The lowest BCUT2D eigenvalue weighted by Crippen LogP contribution is -2.48. The van der Waals surface area contributed by atoms with Gasteiger partial charge in [0, 0.05) is 25.2 Å². The monoisotopic (exact) mass is 495 g/mol. The molecule has 0 saturated carbocycles. The van der Waals surface area contributed by atoms with E-state index in [1.54, 1.807) is 4.90 Å². The molecule has 2 unspecified atom stereocenters. The summed E-state index contributed by atoms with van der Waals surface area (Å²) in [6.07, 6.45) is -6.74. The van der Waals surface area contributed by atoms with Crippen molar-refractivity contribution in [2.45, 2.75) is 64.3 Å². The third-order valence-electron chi connectivity index (χ3n) is 6.00. The SMILES string of the molecule is CC.CN1CCCCC1C(=O)N1CCC(CC(=O)Nc2cc(C(F)(F)F)cc(C(F)(F)F)c2)C1. The molecule has 0 spiro atoms. The Hall–Kier alpha value is -2.30. The number of nitrogens with one attached hydrogen (secondary N) is 1. The number of likely N-dealkylation sites (N-methyl/N-ethyl adjacent to an activating group) is 1. The van der Waals surface area contributed by atoms with Gasteiger partial charge in [0.1, 0.15) is 0 Å². The molecule has 0 bridgehead atoms. The van der Waals surface area contributed by atoms with Crippen LogP contribution in [0.1, 0.15) is 57.1 Å². The minimum Gasteiger partial charge on any atom is -0.341 e. The fraction of sp³-hybridized carbons (Fsp3) is 0.652. The van der Waals surface area contributed by atoms with E-state index < -0.39 is 35.1 Å². The van der Waals surface area contributed by atoms with Gasteiger partial charge in [0.2, 0.25) is 11.8 Å². The number of carbonyl (C=O) groups is 2. The molecule has 2 atom stereocenters. The van der Waals surface area contributed by atoms with E-state index in [2.05, 4.69) is 5.32 Å². The fourth-order valence-corrected chi connectivity index (χ4v) is 4.30. The van der Waals surface area contributed by atoms with Gasteiger partial charge in [-0.1, -0.05) is 20.3 Å². The van der Waals surface area contributed by atoms with Crippen molar-refractivity contribution in [3.8, 4) is 0 Å². The van der Waals surface area contributed by atoms with Crippen molar-refractivity contribution in [1.29, 1.82) is 0 Å². The molecule has 3 rings (SSSR count). The van der Waals surface area contributed by atoms with E-state index in [1.165, 1.54) is 0 Å². The Morgan fingerprint density at radius 3 is 2.06 bits per heavy atom. The Labute approximate surface area is 195 Å². The number of anilines is 1. The van der Waals surface area contributed by atoms with Gasteiger partial charge in [0.15, 0.2) is 0 Å². The lowest BCUT2D eigenvalue weighted by atomic mass is 10.0. The number of alkyl halides is 6. The Balaban J connectivity index is 0.00000199. The molecule has 2 amide bonds. The number of hydrogen-bond acceptors (Lipinski definition) is 3. The van der Waals surface area contributed by atoms with E-state index >= 15 is 0 Å². The first-order valence-electron chi connectivity index (χ1n) is 11.4. The molecule has 5 nitrogen and oxygen atoms in total. The van der Waals surface area contributed by atoms with Crippen LogP contribution in [0, 0.1) is 5.92 Å². The van der Waals surface area contributed by atoms with Crippen LogP contribution in [0.3, 0.4) is 0 Å². The zero-order valence-corrected chi connectivity index (χ0v) is 19.5. The zero-order valence-electron chi connectivity index (χ0n) is 19.5. The van der Waals surface area contributed by atoms with Gasteiger partial charge >= 0.3 is 12.4 Å². The summed E-state index contributed by atoms with van der Waals surface area (Å²) in [4.78, 5) is 28.8. The summed E-state index contributed by atoms with van der Waals surface area (Å²) in [6, 6.07) is 0.785. The highest BCUT2D eigenvalue weighted by Gasteiger charge is 2.38. The molecule has 11 heteroatoms. The lowest BCUT2D eigenvalue weighted by molar-refractivity contribution is -0.143. The quantitative estimate of drug-likeness (QED) is 0.569. The second kappa shape index (κ2) is 11.4. The maximum absolute atomic E-state index is 13.0. The summed E-state index contributed by atoms with van der Waals surface area (Å²) in [6.45, 7) is 5.66. The second-order valence-electron chi connectivity index (χ2n) is 8.48. The van der Waals surface area contributed by atoms with Crippen molar-refractivity contribution in [2.75, 3.05) is 32.0 Å². The van der Waals surface area contributed by atoms with Crippen molar-refractivity contribution in [1.82, 2.24) is 9.80 Å². The first kappa shape index (κ1) is 27.9.